The molecule has 1 amide bonds. The Morgan fingerprint density at radius 1 is 1.50 bits per heavy atom. The average molecular weight is 264 g/mol. The van der Waals surface area contributed by atoms with Gasteiger partial charge in [0, 0.05) is 13.1 Å². The molecular weight excluding hydrogens is 244 g/mol. The summed E-state index contributed by atoms with van der Waals surface area (Å²) >= 11 is 1.59. The van der Waals surface area contributed by atoms with Crippen molar-refractivity contribution in [1.82, 2.24) is 10.2 Å². The summed E-state index contributed by atoms with van der Waals surface area (Å²) in [6.07, 6.45) is 2.11. The van der Waals surface area contributed by atoms with E-state index in [1.807, 2.05) is 5.38 Å². The Hall–Kier alpha value is -0.870. The maximum absolute atomic E-state index is 12.5. The third kappa shape index (κ3) is 2.08. The van der Waals surface area contributed by atoms with E-state index in [4.69, 9.17) is 0 Å². The van der Waals surface area contributed by atoms with Crippen LogP contribution in [0.1, 0.15) is 28.6 Å². The number of fused-ring (bicyclic) bond motifs is 1. The van der Waals surface area contributed by atoms with Gasteiger partial charge in [0.15, 0.2) is 0 Å². The van der Waals surface area contributed by atoms with Crippen molar-refractivity contribution in [3.63, 3.8) is 0 Å². The fourth-order valence-electron chi connectivity index (χ4n) is 3.16. The Morgan fingerprint density at radius 3 is 3.17 bits per heavy atom. The zero-order valence-corrected chi connectivity index (χ0v) is 11.6. The highest BCUT2D eigenvalue weighted by atomic mass is 32.1. The predicted molar refractivity (Wildman–Crippen MR) is 74.1 cm³/mol. The average Bonchev–Trinajstić information content (AvgIpc) is 3.05. The van der Waals surface area contributed by atoms with Gasteiger partial charge in [0.1, 0.15) is 0 Å². The van der Waals surface area contributed by atoms with Crippen LogP contribution in [0, 0.1) is 11.8 Å². The van der Waals surface area contributed by atoms with Gasteiger partial charge in [-0.2, -0.15) is 0 Å². The highest BCUT2D eigenvalue weighted by molar-refractivity contribution is 7.12. The smallest absolute Gasteiger partial charge is 0.264 e. The second kappa shape index (κ2) is 5.02. The second-order valence-electron chi connectivity index (χ2n) is 5.35. The Labute approximate surface area is 112 Å². The molecule has 1 aromatic rings. The molecule has 3 nitrogen and oxygen atoms in total. The number of thiophene rings is 1. The van der Waals surface area contributed by atoms with Crippen LogP contribution in [-0.4, -0.2) is 37.0 Å². The van der Waals surface area contributed by atoms with E-state index in [1.54, 1.807) is 11.3 Å². The highest BCUT2D eigenvalue weighted by Crippen LogP contribution is 2.28. The fourth-order valence-corrected chi connectivity index (χ4v) is 4.13. The third-order valence-electron chi connectivity index (χ3n) is 4.31. The minimum absolute atomic E-state index is 0.257. The van der Waals surface area contributed by atoms with Crippen LogP contribution in [-0.2, 0) is 6.42 Å². The maximum Gasteiger partial charge on any atom is 0.264 e. The van der Waals surface area contributed by atoms with Crippen molar-refractivity contribution in [2.24, 2.45) is 11.8 Å². The number of amides is 1. The maximum atomic E-state index is 12.5. The first-order chi connectivity index (χ1) is 8.79. The van der Waals surface area contributed by atoms with E-state index in [1.165, 1.54) is 5.56 Å². The standard InChI is InChI=1S/C14H20N2OS/c1-2-10-4-6-18-13(10)14(17)16-5-3-11-7-15-8-12(11)9-16/h4,6,11-12,15H,2-3,5,7-9H2,1H3. The van der Waals surface area contributed by atoms with Crippen molar-refractivity contribution in [2.45, 2.75) is 19.8 Å². The normalized spacial score (nSPS) is 27.3. The summed E-state index contributed by atoms with van der Waals surface area (Å²) in [5.41, 5.74) is 1.21. The van der Waals surface area contributed by atoms with Gasteiger partial charge in [-0.25, -0.2) is 0 Å². The van der Waals surface area contributed by atoms with Crippen molar-refractivity contribution < 1.29 is 4.79 Å². The van der Waals surface area contributed by atoms with E-state index < -0.39 is 0 Å². The van der Waals surface area contributed by atoms with Gasteiger partial charge in [-0.05, 0) is 54.8 Å². The first kappa shape index (κ1) is 12.2. The number of likely N-dealkylation sites (tertiary alicyclic amines) is 1. The van der Waals surface area contributed by atoms with Gasteiger partial charge in [-0.15, -0.1) is 11.3 Å². The molecule has 2 unspecified atom stereocenters. The van der Waals surface area contributed by atoms with Crippen molar-refractivity contribution in [3.8, 4) is 0 Å². The van der Waals surface area contributed by atoms with Crippen LogP contribution in [0.4, 0.5) is 0 Å². The molecule has 2 atom stereocenters. The monoisotopic (exact) mass is 264 g/mol. The number of nitrogens with zero attached hydrogens (tertiary/aromatic N) is 1. The summed E-state index contributed by atoms with van der Waals surface area (Å²) in [5, 5.41) is 5.48. The molecule has 0 radical (unpaired) electrons. The molecule has 18 heavy (non-hydrogen) atoms. The fraction of sp³-hybridized carbons (Fsp3) is 0.643. The van der Waals surface area contributed by atoms with E-state index >= 15 is 0 Å². The summed E-state index contributed by atoms with van der Waals surface area (Å²) in [7, 11) is 0. The summed E-state index contributed by atoms with van der Waals surface area (Å²) in [6.45, 7) is 6.22. The molecule has 3 heterocycles. The number of piperidine rings is 1. The largest absolute Gasteiger partial charge is 0.338 e. The van der Waals surface area contributed by atoms with Crippen LogP contribution in [0.25, 0.3) is 0 Å². The SMILES string of the molecule is CCc1ccsc1C(=O)N1CCC2CNCC2C1. The molecular formula is C14H20N2OS. The molecule has 0 aliphatic carbocycles. The lowest BCUT2D eigenvalue weighted by atomic mass is 9.88. The summed E-state index contributed by atoms with van der Waals surface area (Å²) in [5.74, 6) is 1.72. The van der Waals surface area contributed by atoms with Crippen molar-refractivity contribution in [3.05, 3.63) is 21.9 Å². The van der Waals surface area contributed by atoms with Crippen molar-refractivity contribution in [2.75, 3.05) is 26.2 Å². The van der Waals surface area contributed by atoms with Crippen LogP contribution in [0.3, 0.4) is 0 Å². The van der Waals surface area contributed by atoms with Crippen molar-refractivity contribution >= 4 is 17.2 Å². The molecule has 0 spiro atoms. The van der Waals surface area contributed by atoms with Gasteiger partial charge in [0.2, 0.25) is 0 Å². The molecule has 2 fully saturated rings. The lowest BCUT2D eigenvalue weighted by Gasteiger charge is -2.34. The predicted octanol–water partition coefficient (Wildman–Crippen LogP) is 1.99. The lowest BCUT2D eigenvalue weighted by Crippen LogP contribution is -2.43. The van der Waals surface area contributed by atoms with E-state index in [2.05, 4.69) is 23.2 Å². The third-order valence-corrected chi connectivity index (χ3v) is 5.26. The van der Waals surface area contributed by atoms with Crippen LogP contribution in [0.2, 0.25) is 0 Å². The zero-order valence-electron chi connectivity index (χ0n) is 10.8. The van der Waals surface area contributed by atoms with Gasteiger partial charge in [-0.3, -0.25) is 4.79 Å². The van der Waals surface area contributed by atoms with E-state index in [0.29, 0.717) is 5.92 Å². The van der Waals surface area contributed by atoms with E-state index in [0.717, 1.165) is 49.8 Å². The number of carbonyl (C=O) groups is 1. The topological polar surface area (TPSA) is 32.3 Å². The summed E-state index contributed by atoms with van der Waals surface area (Å²) in [6, 6.07) is 2.09. The molecule has 1 aromatic heterocycles. The Bertz CT molecular complexity index is 443. The van der Waals surface area contributed by atoms with Crippen LogP contribution < -0.4 is 5.32 Å². The Balaban J connectivity index is 1.73. The summed E-state index contributed by atoms with van der Waals surface area (Å²) in [4.78, 5) is 15.6. The number of hydrogen-bond acceptors (Lipinski definition) is 3. The molecule has 2 saturated heterocycles. The molecule has 4 heteroatoms. The molecule has 2 aliphatic rings. The van der Waals surface area contributed by atoms with Gasteiger partial charge >= 0.3 is 0 Å². The summed E-state index contributed by atoms with van der Waals surface area (Å²) < 4.78 is 0. The molecule has 3 rings (SSSR count). The number of hydrogen-bond donors (Lipinski definition) is 1. The molecule has 0 aromatic carbocycles. The highest BCUT2D eigenvalue weighted by Gasteiger charge is 2.35. The number of nitrogens with one attached hydrogen (secondary N) is 1. The van der Waals surface area contributed by atoms with Crippen LogP contribution >= 0.6 is 11.3 Å². The number of carbonyl (C=O) groups excluding carboxylic acids is 1. The first-order valence-corrected chi connectivity index (χ1v) is 7.74. The Morgan fingerprint density at radius 2 is 2.33 bits per heavy atom. The minimum atomic E-state index is 0.257. The van der Waals surface area contributed by atoms with Gasteiger partial charge < -0.3 is 10.2 Å². The van der Waals surface area contributed by atoms with Gasteiger partial charge in [0.05, 0.1) is 4.88 Å². The lowest BCUT2D eigenvalue weighted by molar-refractivity contribution is 0.0646. The number of rotatable bonds is 2. The molecule has 2 aliphatic heterocycles. The molecule has 1 N–H and O–H groups in total. The van der Waals surface area contributed by atoms with E-state index in [9.17, 15) is 4.79 Å². The first-order valence-electron chi connectivity index (χ1n) is 6.86. The Kier molecular flexibility index (Phi) is 3.39. The molecule has 0 saturated carbocycles. The van der Waals surface area contributed by atoms with Gasteiger partial charge in [0.25, 0.3) is 5.91 Å². The van der Waals surface area contributed by atoms with Gasteiger partial charge in [-0.1, -0.05) is 6.92 Å². The quantitative estimate of drug-likeness (QED) is 0.886. The second-order valence-corrected chi connectivity index (χ2v) is 6.26. The minimum Gasteiger partial charge on any atom is -0.338 e. The zero-order chi connectivity index (χ0) is 12.5. The van der Waals surface area contributed by atoms with Crippen LogP contribution in [0.5, 0.6) is 0 Å². The molecule has 98 valence electrons. The van der Waals surface area contributed by atoms with E-state index in [-0.39, 0.29) is 5.91 Å². The number of aryl methyl sites for hydroxylation is 1. The van der Waals surface area contributed by atoms with Crippen LogP contribution in [0.15, 0.2) is 11.4 Å². The van der Waals surface area contributed by atoms with Crippen molar-refractivity contribution in [1.29, 1.82) is 0 Å². The molecule has 0 bridgehead atoms.